The lowest BCUT2D eigenvalue weighted by Crippen LogP contribution is -2.44. The molecule has 0 radical (unpaired) electrons. The Morgan fingerprint density at radius 3 is 3.04 bits per heavy atom. The molecule has 2 amide bonds. The van der Waals surface area contributed by atoms with Crippen LogP contribution in [-0.4, -0.2) is 34.2 Å². The summed E-state index contributed by atoms with van der Waals surface area (Å²) in [7, 11) is 0. The third-order valence-electron chi connectivity index (χ3n) is 4.53. The Morgan fingerprint density at radius 2 is 2.33 bits per heavy atom. The van der Waals surface area contributed by atoms with Crippen LogP contribution in [0.5, 0.6) is 0 Å². The van der Waals surface area contributed by atoms with Crippen molar-refractivity contribution in [1.29, 1.82) is 0 Å². The number of carbonyl (C=O) groups is 1. The summed E-state index contributed by atoms with van der Waals surface area (Å²) in [5.41, 5.74) is 2.49. The fourth-order valence-corrected chi connectivity index (χ4v) is 4.11. The number of carbonyl (C=O) groups excluding carboxylic acids is 1. The van der Waals surface area contributed by atoms with Gasteiger partial charge in [0, 0.05) is 18.1 Å². The van der Waals surface area contributed by atoms with Crippen molar-refractivity contribution >= 4 is 17.4 Å². The molecule has 1 aliphatic rings. The Balaban J connectivity index is 1.77. The first-order valence-electron chi connectivity index (χ1n) is 8.39. The second-order valence-electron chi connectivity index (χ2n) is 5.95. The molecule has 2 unspecified atom stereocenters. The van der Waals surface area contributed by atoms with Crippen LogP contribution in [-0.2, 0) is 6.42 Å². The van der Waals surface area contributed by atoms with E-state index in [-0.39, 0.29) is 24.7 Å². The van der Waals surface area contributed by atoms with Crippen LogP contribution in [0.15, 0.2) is 35.8 Å². The molecule has 1 aromatic carbocycles. The van der Waals surface area contributed by atoms with Gasteiger partial charge in [0.25, 0.3) is 0 Å². The molecular weight excluding hydrogens is 322 g/mol. The van der Waals surface area contributed by atoms with E-state index >= 15 is 0 Å². The highest BCUT2D eigenvalue weighted by atomic mass is 32.1. The number of aromatic nitrogens is 1. The summed E-state index contributed by atoms with van der Waals surface area (Å²) in [4.78, 5) is 19.0. The smallest absolute Gasteiger partial charge is 0.318 e. The van der Waals surface area contributed by atoms with Crippen LogP contribution in [0.3, 0.4) is 0 Å². The van der Waals surface area contributed by atoms with Crippen molar-refractivity contribution in [3.63, 3.8) is 0 Å². The van der Waals surface area contributed by atoms with Crippen molar-refractivity contribution in [1.82, 2.24) is 15.2 Å². The number of aliphatic hydroxyl groups is 1. The Hall–Kier alpha value is -1.92. The third kappa shape index (κ3) is 3.44. The van der Waals surface area contributed by atoms with Crippen molar-refractivity contribution in [2.45, 2.75) is 38.3 Å². The molecule has 6 heteroatoms. The zero-order valence-electron chi connectivity index (χ0n) is 13.8. The third-order valence-corrected chi connectivity index (χ3v) is 5.42. The number of urea groups is 1. The summed E-state index contributed by atoms with van der Waals surface area (Å²) in [5, 5.41) is 15.4. The zero-order chi connectivity index (χ0) is 16.9. The summed E-state index contributed by atoms with van der Waals surface area (Å²) in [6, 6.07) is 8.06. The van der Waals surface area contributed by atoms with E-state index in [1.54, 1.807) is 22.4 Å². The molecule has 24 heavy (non-hydrogen) atoms. The zero-order valence-corrected chi connectivity index (χ0v) is 14.6. The standard InChI is InChI=1S/C18H23N3O2S/c1-2-15(17-19-9-12-24-17)20-18(23)21(10-11-22)16-8-7-13-5-3-4-6-14(13)16/h3-6,9,12,15-16,22H,2,7-8,10-11H2,1H3,(H,20,23). The molecule has 3 rings (SSSR count). The maximum atomic E-state index is 12.9. The summed E-state index contributed by atoms with van der Waals surface area (Å²) < 4.78 is 0. The molecule has 5 nitrogen and oxygen atoms in total. The van der Waals surface area contributed by atoms with Crippen molar-refractivity contribution in [2.75, 3.05) is 13.2 Å². The minimum Gasteiger partial charge on any atom is -0.395 e. The average molecular weight is 345 g/mol. The maximum absolute atomic E-state index is 12.9. The minimum absolute atomic E-state index is 0.0298. The van der Waals surface area contributed by atoms with Crippen LogP contribution in [0, 0.1) is 0 Å². The van der Waals surface area contributed by atoms with E-state index in [4.69, 9.17) is 0 Å². The number of fused-ring (bicyclic) bond motifs is 1. The second kappa shape index (κ2) is 7.77. The lowest BCUT2D eigenvalue weighted by Gasteiger charge is -2.31. The van der Waals surface area contributed by atoms with E-state index in [9.17, 15) is 9.90 Å². The summed E-state index contributed by atoms with van der Waals surface area (Å²) in [6.45, 7) is 2.33. The largest absolute Gasteiger partial charge is 0.395 e. The van der Waals surface area contributed by atoms with Crippen LogP contribution < -0.4 is 5.32 Å². The highest BCUT2D eigenvalue weighted by Crippen LogP contribution is 2.35. The molecule has 2 aromatic rings. The number of benzene rings is 1. The topological polar surface area (TPSA) is 65.5 Å². The highest BCUT2D eigenvalue weighted by Gasteiger charge is 2.31. The van der Waals surface area contributed by atoms with Gasteiger partial charge < -0.3 is 15.3 Å². The fourth-order valence-electron chi connectivity index (χ4n) is 3.34. The molecular formula is C18H23N3O2S. The molecule has 2 N–H and O–H groups in total. The molecule has 0 fully saturated rings. The summed E-state index contributed by atoms with van der Waals surface area (Å²) in [5.74, 6) is 0. The molecule has 1 aromatic heterocycles. The number of rotatable bonds is 6. The van der Waals surface area contributed by atoms with E-state index in [1.165, 1.54) is 11.1 Å². The predicted octanol–water partition coefficient (Wildman–Crippen LogP) is 3.29. The van der Waals surface area contributed by atoms with E-state index in [0.29, 0.717) is 6.54 Å². The van der Waals surface area contributed by atoms with Gasteiger partial charge in [-0.05, 0) is 30.4 Å². The van der Waals surface area contributed by atoms with Gasteiger partial charge in [-0.25, -0.2) is 9.78 Å². The van der Waals surface area contributed by atoms with Gasteiger partial charge in [-0.2, -0.15) is 0 Å². The van der Waals surface area contributed by atoms with Gasteiger partial charge in [0.2, 0.25) is 0 Å². The number of nitrogens with one attached hydrogen (secondary N) is 1. The molecule has 0 aliphatic heterocycles. The normalized spacial score (nSPS) is 17.3. The lowest BCUT2D eigenvalue weighted by molar-refractivity contribution is 0.148. The van der Waals surface area contributed by atoms with E-state index in [1.807, 2.05) is 24.4 Å². The number of aliphatic hydroxyl groups excluding tert-OH is 1. The van der Waals surface area contributed by atoms with E-state index in [0.717, 1.165) is 24.3 Å². The fraction of sp³-hybridized carbons (Fsp3) is 0.444. The number of hydrogen-bond acceptors (Lipinski definition) is 4. The summed E-state index contributed by atoms with van der Waals surface area (Å²) in [6.07, 6.45) is 4.42. The van der Waals surface area contributed by atoms with Gasteiger partial charge in [-0.3, -0.25) is 0 Å². The van der Waals surface area contributed by atoms with Crippen LogP contribution in [0.4, 0.5) is 4.79 Å². The monoisotopic (exact) mass is 345 g/mol. The van der Waals surface area contributed by atoms with Crippen molar-refractivity contribution < 1.29 is 9.90 Å². The number of aryl methyl sites for hydroxylation is 1. The van der Waals surface area contributed by atoms with Crippen molar-refractivity contribution in [3.8, 4) is 0 Å². The Kier molecular flexibility index (Phi) is 5.48. The van der Waals surface area contributed by atoms with E-state index < -0.39 is 0 Å². The number of hydrogen-bond donors (Lipinski definition) is 2. The van der Waals surface area contributed by atoms with Crippen molar-refractivity contribution in [2.24, 2.45) is 0 Å². The quantitative estimate of drug-likeness (QED) is 0.844. The van der Waals surface area contributed by atoms with Crippen LogP contribution >= 0.6 is 11.3 Å². The molecule has 1 heterocycles. The average Bonchev–Trinajstić information content (AvgIpc) is 3.27. The second-order valence-corrected chi connectivity index (χ2v) is 6.88. The number of amides is 2. The van der Waals surface area contributed by atoms with Gasteiger partial charge in [0.15, 0.2) is 0 Å². The van der Waals surface area contributed by atoms with Gasteiger partial charge in [-0.15, -0.1) is 11.3 Å². The molecule has 2 atom stereocenters. The van der Waals surface area contributed by atoms with Crippen LogP contribution in [0.25, 0.3) is 0 Å². The highest BCUT2D eigenvalue weighted by molar-refractivity contribution is 7.09. The van der Waals surface area contributed by atoms with Gasteiger partial charge in [0.05, 0.1) is 18.7 Å². The molecule has 0 spiro atoms. The van der Waals surface area contributed by atoms with Crippen molar-refractivity contribution in [3.05, 3.63) is 52.0 Å². The number of thiazole rings is 1. The molecule has 1 aliphatic carbocycles. The Morgan fingerprint density at radius 1 is 1.50 bits per heavy atom. The first-order chi connectivity index (χ1) is 11.7. The SMILES string of the molecule is CCC(NC(=O)N(CCO)C1CCc2ccccc21)c1nccs1. The maximum Gasteiger partial charge on any atom is 0.318 e. The van der Waals surface area contributed by atoms with Crippen LogP contribution in [0.1, 0.15) is 48.0 Å². The molecule has 0 bridgehead atoms. The van der Waals surface area contributed by atoms with Gasteiger partial charge in [-0.1, -0.05) is 31.2 Å². The molecule has 0 saturated heterocycles. The van der Waals surface area contributed by atoms with Gasteiger partial charge in [0.1, 0.15) is 5.01 Å². The van der Waals surface area contributed by atoms with Gasteiger partial charge >= 0.3 is 6.03 Å². The molecule has 128 valence electrons. The summed E-state index contributed by atoms with van der Waals surface area (Å²) >= 11 is 1.55. The first kappa shape index (κ1) is 16.9. The predicted molar refractivity (Wildman–Crippen MR) is 95.0 cm³/mol. The lowest BCUT2D eigenvalue weighted by atomic mass is 10.1. The van der Waals surface area contributed by atoms with Crippen LogP contribution in [0.2, 0.25) is 0 Å². The number of nitrogens with zero attached hydrogens (tertiary/aromatic N) is 2. The minimum atomic E-state index is -0.132. The Labute approximate surface area is 146 Å². The molecule has 0 saturated carbocycles. The van der Waals surface area contributed by atoms with E-state index in [2.05, 4.69) is 22.4 Å². The first-order valence-corrected chi connectivity index (χ1v) is 9.27. The Bertz CT molecular complexity index is 675.